The van der Waals surface area contributed by atoms with Gasteiger partial charge in [0.05, 0.1) is 20.6 Å². The quantitative estimate of drug-likeness (QED) is 0.493. The van der Waals surface area contributed by atoms with Crippen LogP contribution < -0.4 is 0 Å². The molecule has 4 rings (SSSR count). The molecular formula is C18H12OS2. The van der Waals surface area contributed by atoms with E-state index in [9.17, 15) is 4.21 Å². The summed E-state index contributed by atoms with van der Waals surface area (Å²) < 4.78 is 12.7. The van der Waals surface area contributed by atoms with Gasteiger partial charge in [-0.15, -0.1) is 0 Å². The lowest BCUT2D eigenvalue weighted by atomic mass is 10.1. The molecule has 0 fully saturated rings. The number of benzene rings is 3. The standard InChI is InChI=1S/C18H12OS2/c19-21-17-9-5-4-8-15(17)20-16-12-14(10-11-18(16)21)13-6-2-1-3-7-13/h1-12H. The lowest BCUT2D eigenvalue weighted by Gasteiger charge is -2.18. The summed E-state index contributed by atoms with van der Waals surface area (Å²) in [7, 11) is -1.08. The van der Waals surface area contributed by atoms with Crippen molar-refractivity contribution in [2.24, 2.45) is 0 Å². The molecule has 1 heterocycles. The first-order chi connectivity index (χ1) is 10.3. The van der Waals surface area contributed by atoms with Crippen LogP contribution in [0.25, 0.3) is 11.1 Å². The Bertz CT molecular complexity index is 841. The first-order valence-corrected chi connectivity index (χ1v) is 8.68. The van der Waals surface area contributed by atoms with Crippen molar-refractivity contribution in [3.63, 3.8) is 0 Å². The van der Waals surface area contributed by atoms with Crippen LogP contribution in [0.4, 0.5) is 0 Å². The van der Waals surface area contributed by atoms with E-state index in [-0.39, 0.29) is 0 Å². The Morgan fingerprint density at radius 2 is 1.38 bits per heavy atom. The molecule has 1 aliphatic heterocycles. The van der Waals surface area contributed by atoms with E-state index in [1.165, 1.54) is 11.1 Å². The van der Waals surface area contributed by atoms with E-state index in [0.717, 1.165) is 19.6 Å². The van der Waals surface area contributed by atoms with Crippen LogP contribution in [-0.2, 0) is 10.8 Å². The third kappa shape index (κ3) is 2.23. The van der Waals surface area contributed by atoms with Gasteiger partial charge in [-0.2, -0.15) is 0 Å². The average molecular weight is 308 g/mol. The Labute approximate surface area is 130 Å². The summed E-state index contributed by atoms with van der Waals surface area (Å²) in [6, 6.07) is 24.4. The summed E-state index contributed by atoms with van der Waals surface area (Å²) in [4.78, 5) is 4.02. The van der Waals surface area contributed by atoms with Crippen molar-refractivity contribution in [3.05, 3.63) is 72.8 Å². The molecule has 0 amide bonds. The Morgan fingerprint density at radius 3 is 2.24 bits per heavy atom. The highest BCUT2D eigenvalue weighted by Crippen LogP contribution is 2.43. The Morgan fingerprint density at radius 1 is 0.667 bits per heavy atom. The molecule has 1 aliphatic rings. The van der Waals surface area contributed by atoms with Gasteiger partial charge in [0.25, 0.3) is 0 Å². The summed E-state index contributed by atoms with van der Waals surface area (Å²) in [6.45, 7) is 0. The van der Waals surface area contributed by atoms with Gasteiger partial charge in [0.1, 0.15) is 0 Å². The summed E-state index contributed by atoms with van der Waals surface area (Å²) in [5.41, 5.74) is 2.35. The second-order valence-electron chi connectivity index (χ2n) is 4.85. The van der Waals surface area contributed by atoms with Crippen LogP contribution in [0.1, 0.15) is 0 Å². The molecule has 3 aromatic carbocycles. The molecule has 1 nitrogen and oxygen atoms in total. The lowest BCUT2D eigenvalue weighted by molar-refractivity contribution is 0.679. The predicted octanol–water partition coefficient (Wildman–Crippen LogP) is 4.98. The number of fused-ring (bicyclic) bond motifs is 2. The Hall–Kier alpha value is -1.84. The van der Waals surface area contributed by atoms with E-state index in [2.05, 4.69) is 24.3 Å². The fourth-order valence-electron chi connectivity index (χ4n) is 2.48. The minimum Gasteiger partial charge on any atom is -0.249 e. The van der Waals surface area contributed by atoms with E-state index in [0.29, 0.717) is 0 Å². The van der Waals surface area contributed by atoms with Gasteiger partial charge < -0.3 is 0 Å². The van der Waals surface area contributed by atoms with Crippen LogP contribution in [0.5, 0.6) is 0 Å². The summed E-state index contributed by atoms with van der Waals surface area (Å²) in [5.74, 6) is 0. The van der Waals surface area contributed by atoms with Gasteiger partial charge in [-0.25, -0.2) is 4.21 Å². The van der Waals surface area contributed by atoms with Gasteiger partial charge in [0.15, 0.2) is 0 Å². The fourth-order valence-corrected chi connectivity index (χ4v) is 5.21. The number of rotatable bonds is 1. The van der Waals surface area contributed by atoms with Crippen LogP contribution >= 0.6 is 11.8 Å². The maximum atomic E-state index is 12.7. The molecule has 102 valence electrons. The van der Waals surface area contributed by atoms with Gasteiger partial charge in [0, 0.05) is 9.79 Å². The van der Waals surface area contributed by atoms with Crippen molar-refractivity contribution in [1.82, 2.24) is 0 Å². The van der Waals surface area contributed by atoms with Crippen LogP contribution in [0, 0.1) is 0 Å². The molecule has 0 saturated carbocycles. The van der Waals surface area contributed by atoms with Crippen LogP contribution in [0.15, 0.2) is 92.4 Å². The molecule has 1 unspecified atom stereocenters. The molecule has 0 radical (unpaired) electrons. The third-order valence-corrected chi connectivity index (χ3v) is 6.42. The maximum absolute atomic E-state index is 12.7. The minimum atomic E-state index is -1.08. The monoisotopic (exact) mass is 308 g/mol. The average Bonchev–Trinajstić information content (AvgIpc) is 2.55. The van der Waals surface area contributed by atoms with Crippen molar-refractivity contribution >= 4 is 22.6 Å². The van der Waals surface area contributed by atoms with Gasteiger partial charge in [-0.3, -0.25) is 0 Å². The zero-order valence-electron chi connectivity index (χ0n) is 11.2. The molecule has 0 spiro atoms. The molecule has 3 aromatic rings. The first-order valence-electron chi connectivity index (χ1n) is 6.71. The van der Waals surface area contributed by atoms with E-state index in [1.807, 2.05) is 48.5 Å². The van der Waals surface area contributed by atoms with Crippen molar-refractivity contribution in [2.45, 2.75) is 19.6 Å². The van der Waals surface area contributed by atoms with Crippen LogP contribution in [0.3, 0.4) is 0 Å². The summed E-state index contributed by atoms with van der Waals surface area (Å²) in [5, 5.41) is 0. The Kier molecular flexibility index (Phi) is 3.17. The highest BCUT2D eigenvalue weighted by Gasteiger charge is 2.22. The molecule has 0 saturated heterocycles. The van der Waals surface area contributed by atoms with Gasteiger partial charge in [0.2, 0.25) is 0 Å². The zero-order valence-corrected chi connectivity index (χ0v) is 12.8. The van der Waals surface area contributed by atoms with Crippen molar-refractivity contribution < 1.29 is 4.21 Å². The molecule has 0 N–H and O–H groups in total. The topological polar surface area (TPSA) is 17.1 Å². The molecular weight excluding hydrogens is 296 g/mol. The van der Waals surface area contributed by atoms with E-state index >= 15 is 0 Å². The minimum absolute atomic E-state index is 0.915. The van der Waals surface area contributed by atoms with Gasteiger partial charge in [-0.05, 0) is 35.4 Å². The number of hydrogen-bond acceptors (Lipinski definition) is 2. The smallest absolute Gasteiger partial charge is 0.0872 e. The zero-order chi connectivity index (χ0) is 14.2. The normalized spacial score (nSPS) is 16.1. The van der Waals surface area contributed by atoms with E-state index < -0.39 is 10.8 Å². The van der Waals surface area contributed by atoms with Crippen molar-refractivity contribution in [2.75, 3.05) is 0 Å². The van der Waals surface area contributed by atoms with Gasteiger partial charge >= 0.3 is 0 Å². The maximum Gasteiger partial charge on any atom is 0.0872 e. The second-order valence-corrected chi connectivity index (χ2v) is 7.35. The fraction of sp³-hybridized carbons (Fsp3) is 0. The molecule has 0 aromatic heterocycles. The molecule has 3 heteroatoms. The van der Waals surface area contributed by atoms with E-state index in [1.54, 1.807) is 11.8 Å². The molecule has 0 aliphatic carbocycles. The summed E-state index contributed by atoms with van der Waals surface area (Å²) >= 11 is 1.70. The highest BCUT2D eigenvalue weighted by molar-refractivity contribution is 8.01. The van der Waals surface area contributed by atoms with Gasteiger partial charge in [-0.1, -0.05) is 60.3 Å². The van der Waals surface area contributed by atoms with Crippen molar-refractivity contribution in [1.29, 1.82) is 0 Å². The molecule has 21 heavy (non-hydrogen) atoms. The highest BCUT2D eigenvalue weighted by atomic mass is 32.2. The third-order valence-electron chi connectivity index (χ3n) is 3.52. The summed E-state index contributed by atoms with van der Waals surface area (Å²) in [6.07, 6.45) is 0. The predicted molar refractivity (Wildman–Crippen MR) is 87.1 cm³/mol. The Balaban J connectivity index is 1.83. The SMILES string of the molecule is O=S1c2ccccc2Sc2cc(-c3ccccc3)ccc21. The largest absolute Gasteiger partial charge is 0.249 e. The lowest BCUT2D eigenvalue weighted by Crippen LogP contribution is -2.02. The van der Waals surface area contributed by atoms with E-state index in [4.69, 9.17) is 0 Å². The first kappa shape index (κ1) is 12.9. The molecule has 0 bridgehead atoms. The van der Waals surface area contributed by atoms with Crippen molar-refractivity contribution in [3.8, 4) is 11.1 Å². The van der Waals surface area contributed by atoms with Crippen LogP contribution in [-0.4, -0.2) is 4.21 Å². The van der Waals surface area contributed by atoms with Crippen LogP contribution in [0.2, 0.25) is 0 Å². The second kappa shape index (κ2) is 5.17. The number of hydrogen-bond donors (Lipinski definition) is 0. The molecule has 1 atom stereocenters.